The third kappa shape index (κ3) is 5.55. The van der Waals surface area contributed by atoms with Gasteiger partial charge in [-0.05, 0) is 79.6 Å². The number of cyclic esters (lactones) is 1. The maximum atomic E-state index is 15.1. The Morgan fingerprint density at radius 3 is 2.62 bits per heavy atom. The average molecular weight is 607 g/mol. The molecule has 7 rings (SSSR count). The van der Waals surface area contributed by atoms with Crippen molar-refractivity contribution in [1.82, 2.24) is 15.0 Å². The summed E-state index contributed by atoms with van der Waals surface area (Å²) in [6.45, 7) is 3.87. The standard InChI is InChI=1S/C35H28F2N4O4/c1-35(2)18-30(27-16-23(36)9-13-31(27)45-35)41-19-29(39-40-41)26-17-24(10-12-28(26)37)38-33(42)21-8-11-25-22(14-21)15-32(44-34(25)43)20-6-4-3-5-7-20/h3-14,16-17,19,30,32H,15,18H2,1-2H3,(H,38,42)/t30-,32?/m0/s1. The largest absolute Gasteiger partial charge is 0.487 e. The van der Waals surface area contributed by atoms with Crippen LogP contribution >= 0.6 is 0 Å². The first-order chi connectivity index (χ1) is 21.6. The summed E-state index contributed by atoms with van der Waals surface area (Å²) in [4.78, 5) is 25.9. The lowest BCUT2D eigenvalue weighted by molar-refractivity contribution is 0.0252. The molecule has 226 valence electrons. The number of benzene rings is 4. The number of carbonyl (C=O) groups is 2. The van der Waals surface area contributed by atoms with Crippen molar-refractivity contribution in [3.63, 3.8) is 0 Å². The molecular formula is C35H28F2N4O4. The Morgan fingerprint density at radius 1 is 0.978 bits per heavy atom. The Morgan fingerprint density at radius 2 is 1.80 bits per heavy atom. The van der Waals surface area contributed by atoms with Gasteiger partial charge in [0.25, 0.3) is 5.91 Å². The van der Waals surface area contributed by atoms with E-state index in [1.54, 1.807) is 35.1 Å². The fourth-order valence-corrected chi connectivity index (χ4v) is 5.97. The van der Waals surface area contributed by atoms with Gasteiger partial charge in [0, 0.05) is 35.2 Å². The predicted molar refractivity (Wildman–Crippen MR) is 162 cm³/mol. The molecular weight excluding hydrogens is 578 g/mol. The average Bonchev–Trinajstić information content (AvgIpc) is 3.52. The molecule has 1 amide bonds. The highest BCUT2D eigenvalue weighted by molar-refractivity contribution is 6.05. The van der Waals surface area contributed by atoms with Gasteiger partial charge < -0.3 is 14.8 Å². The fourth-order valence-electron chi connectivity index (χ4n) is 5.97. The minimum absolute atomic E-state index is 0.142. The Bertz CT molecular complexity index is 1960. The summed E-state index contributed by atoms with van der Waals surface area (Å²) in [5.41, 5.74) is 3.18. The number of nitrogens with one attached hydrogen (secondary N) is 1. The molecule has 5 aromatic rings. The number of hydrogen-bond acceptors (Lipinski definition) is 6. The number of hydrogen-bond donors (Lipinski definition) is 1. The third-order valence-electron chi connectivity index (χ3n) is 8.15. The molecule has 1 aromatic heterocycles. The Balaban J connectivity index is 1.13. The second-order valence-corrected chi connectivity index (χ2v) is 11.9. The van der Waals surface area contributed by atoms with Crippen molar-refractivity contribution < 1.29 is 27.8 Å². The van der Waals surface area contributed by atoms with Crippen molar-refractivity contribution in [3.05, 3.63) is 131 Å². The second-order valence-electron chi connectivity index (χ2n) is 11.9. The minimum atomic E-state index is -0.545. The molecule has 0 saturated carbocycles. The van der Waals surface area contributed by atoms with Crippen LogP contribution in [0.5, 0.6) is 5.75 Å². The van der Waals surface area contributed by atoms with E-state index < -0.39 is 35.2 Å². The van der Waals surface area contributed by atoms with Crippen molar-refractivity contribution in [2.24, 2.45) is 0 Å². The number of amides is 1. The first-order valence-corrected chi connectivity index (χ1v) is 14.5. The second kappa shape index (κ2) is 11.0. The monoisotopic (exact) mass is 606 g/mol. The van der Waals surface area contributed by atoms with E-state index in [1.165, 1.54) is 30.3 Å². The summed E-state index contributed by atoms with van der Waals surface area (Å²) in [6, 6.07) is 22.5. The molecule has 8 nitrogen and oxygen atoms in total. The van der Waals surface area contributed by atoms with Gasteiger partial charge in [0.1, 0.15) is 34.8 Å². The van der Waals surface area contributed by atoms with Gasteiger partial charge in [0.05, 0.1) is 17.8 Å². The summed E-state index contributed by atoms with van der Waals surface area (Å²) >= 11 is 0. The van der Waals surface area contributed by atoms with Gasteiger partial charge in [-0.1, -0.05) is 35.5 Å². The Kier molecular flexibility index (Phi) is 6.92. The molecule has 0 radical (unpaired) electrons. The van der Waals surface area contributed by atoms with Crippen LogP contribution in [0.15, 0.2) is 91.1 Å². The van der Waals surface area contributed by atoms with Crippen molar-refractivity contribution in [1.29, 1.82) is 0 Å². The van der Waals surface area contributed by atoms with Crippen LogP contribution in [0.3, 0.4) is 0 Å². The summed E-state index contributed by atoms with van der Waals surface area (Å²) < 4.78 is 42.5. The molecule has 45 heavy (non-hydrogen) atoms. The van der Waals surface area contributed by atoms with Crippen molar-refractivity contribution >= 4 is 17.6 Å². The maximum Gasteiger partial charge on any atom is 0.339 e. The zero-order valence-corrected chi connectivity index (χ0v) is 24.5. The number of rotatable bonds is 5. The van der Waals surface area contributed by atoms with Crippen LogP contribution in [0.4, 0.5) is 14.5 Å². The normalized spacial score (nSPS) is 18.3. The number of carbonyl (C=O) groups excluding carboxylic acids is 2. The molecule has 3 heterocycles. The summed E-state index contributed by atoms with van der Waals surface area (Å²) in [7, 11) is 0. The topological polar surface area (TPSA) is 95.3 Å². The lowest BCUT2D eigenvalue weighted by Gasteiger charge is -2.37. The molecule has 4 aromatic carbocycles. The van der Waals surface area contributed by atoms with Gasteiger partial charge in [-0.2, -0.15) is 0 Å². The van der Waals surface area contributed by atoms with Crippen LogP contribution in [-0.2, 0) is 11.2 Å². The first-order valence-electron chi connectivity index (χ1n) is 14.5. The number of aromatic nitrogens is 3. The fraction of sp³-hybridized carbons (Fsp3) is 0.200. The highest BCUT2D eigenvalue weighted by Crippen LogP contribution is 2.42. The van der Waals surface area contributed by atoms with Crippen molar-refractivity contribution in [3.8, 4) is 17.0 Å². The number of esters is 1. The summed E-state index contributed by atoms with van der Waals surface area (Å²) in [5.74, 6) is -1.24. The number of fused-ring (bicyclic) bond motifs is 2. The Labute approximate surface area is 257 Å². The SMILES string of the molecule is CC1(C)C[C@H](n2cc(-c3cc(NC(=O)c4ccc5c(c4)CC(c4ccccc4)OC5=O)ccc3F)nn2)c2cc(F)ccc2O1. The number of anilines is 1. The number of nitrogens with zero attached hydrogens (tertiary/aromatic N) is 3. The Hall–Kier alpha value is -5.38. The summed E-state index contributed by atoms with van der Waals surface area (Å²) in [5, 5.41) is 11.3. The molecule has 1 N–H and O–H groups in total. The predicted octanol–water partition coefficient (Wildman–Crippen LogP) is 7.08. The first kappa shape index (κ1) is 28.4. The highest BCUT2D eigenvalue weighted by atomic mass is 19.1. The zero-order valence-electron chi connectivity index (χ0n) is 24.5. The van der Waals surface area contributed by atoms with Gasteiger partial charge >= 0.3 is 5.97 Å². The van der Waals surface area contributed by atoms with E-state index in [4.69, 9.17) is 9.47 Å². The number of halogens is 2. The van der Waals surface area contributed by atoms with Gasteiger partial charge in [0.15, 0.2) is 0 Å². The van der Waals surface area contributed by atoms with E-state index in [2.05, 4.69) is 15.6 Å². The van der Waals surface area contributed by atoms with Crippen LogP contribution in [0, 0.1) is 11.6 Å². The van der Waals surface area contributed by atoms with E-state index in [-0.39, 0.29) is 17.3 Å². The molecule has 0 aliphatic carbocycles. The smallest absolute Gasteiger partial charge is 0.339 e. The molecule has 10 heteroatoms. The molecule has 2 aliphatic heterocycles. The molecule has 0 spiro atoms. The van der Waals surface area contributed by atoms with Gasteiger partial charge in [-0.15, -0.1) is 5.10 Å². The van der Waals surface area contributed by atoms with E-state index in [1.807, 2.05) is 44.2 Å². The molecule has 2 aliphatic rings. The van der Waals surface area contributed by atoms with E-state index >= 15 is 4.39 Å². The van der Waals surface area contributed by atoms with Crippen molar-refractivity contribution in [2.45, 2.75) is 44.4 Å². The van der Waals surface area contributed by atoms with Crippen molar-refractivity contribution in [2.75, 3.05) is 5.32 Å². The summed E-state index contributed by atoms with van der Waals surface area (Å²) in [6.07, 6.45) is 2.09. The number of ether oxygens (including phenoxy) is 2. The van der Waals surface area contributed by atoms with Crippen LogP contribution in [0.1, 0.15) is 69.8 Å². The van der Waals surface area contributed by atoms with E-state index in [0.717, 1.165) is 5.56 Å². The van der Waals surface area contributed by atoms with Crippen LogP contribution in [-0.4, -0.2) is 32.5 Å². The molecule has 0 fully saturated rings. The molecule has 0 bridgehead atoms. The van der Waals surface area contributed by atoms with Crippen LogP contribution in [0.25, 0.3) is 11.3 Å². The van der Waals surface area contributed by atoms with Gasteiger partial charge in [0.2, 0.25) is 0 Å². The zero-order chi connectivity index (χ0) is 31.3. The molecule has 0 saturated heterocycles. The molecule has 1 unspecified atom stereocenters. The van der Waals surface area contributed by atoms with Gasteiger partial charge in [-0.3, -0.25) is 4.79 Å². The van der Waals surface area contributed by atoms with E-state index in [9.17, 15) is 14.0 Å². The molecule has 2 atom stereocenters. The lowest BCUT2D eigenvalue weighted by atomic mass is 9.89. The van der Waals surface area contributed by atoms with Crippen LogP contribution < -0.4 is 10.1 Å². The van der Waals surface area contributed by atoms with Crippen LogP contribution in [0.2, 0.25) is 0 Å². The quantitative estimate of drug-likeness (QED) is 0.215. The minimum Gasteiger partial charge on any atom is -0.487 e. The van der Waals surface area contributed by atoms with Gasteiger partial charge in [-0.25, -0.2) is 18.3 Å². The lowest BCUT2D eigenvalue weighted by Crippen LogP contribution is -2.37. The maximum absolute atomic E-state index is 15.1. The third-order valence-corrected chi connectivity index (χ3v) is 8.15. The highest BCUT2D eigenvalue weighted by Gasteiger charge is 2.36. The van der Waals surface area contributed by atoms with E-state index in [0.29, 0.717) is 46.5 Å².